The lowest BCUT2D eigenvalue weighted by Gasteiger charge is -2.08. The Morgan fingerprint density at radius 2 is 1.78 bits per heavy atom. The van der Waals surface area contributed by atoms with Crippen LogP contribution in [0.4, 0.5) is 0 Å². The third kappa shape index (κ3) is 1.78. The summed E-state index contributed by atoms with van der Waals surface area (Å²) in [6, 6.07) is 13.5. The van der Waals surface area contributed by atoms with Gasteiger partial charge in [0.05, 0.1) is 6.10 Å². The maximum Gasteiger partial charge on any atom is 0.135 e. The molecule has 3 rings (SSSR count). The number of aliphatic hydroxyl groups is 2. The van der Waals surface area contributed by atoms with Crippen LogP contribution in [0.1, 0.15) is 18.1 Å². The molecule has 0 saturated heterocycles. The van der Waals surface area contributed by atoms with Crippen LogP contribution in [0.25, 0.3) is 21.9 Å². The number of rotatable bonds is 3. The lowest BCUT2D eigenvalue weighted by Crippen LogP contribution is -1.99. The Kier molecular flexibility index (Phi) is 2.78. The van der Waals surface area contributed by atoms with Gasteiger partial charge in [0.1, 0.15) is 11.2 Å². The quantitative estimate of drug-likeness (QED) is 0.742. The monoisotopic (exact) mass is 242 g/mol. The Bertz CT molecular complexity index is 684. The summed E-state index contributed by atoms with van der Waals surface area (Å²) in [5, 5.41) is 20.8. The van der Waals surface area contributed by atoms with E-state index < -0.39 is 6.10 Å². The molecule has 1 heterocycles. The van der Waals surface area contributed by atoms with E-state index in [9.17, 15) is 5.11 Å². The van der Waals surface area contributed by atoms with Gasteiger partial charge in [-0.25, -0.2) is 0 Å². The van der Waals surface area contributed by atoms with Gasteiger partial charge < -0.3 is 14.6 Å². The second-order valence-electron chi connectivity index (χ2n) is 4.38. The summed E-state index contributed by atoms with van der Waals surface area (Å²) in [6.45, 7) is -0.0225. The van der Waals surface area contributed by atoms with E-state index in [1.807, 2.05) is 42.5 Å². The number of furan rings is 1. The van der Waals surface area contributed by atoms with Crippen molar-refractivity contribution < 1.29 is 14.6 Å². The molecule has 0 fully saturated rings. The average molecular weight is 242 g/mol. The van der Waals surface area contributed by atoms with Gasteiger partial charge in [0, 0.05) is 23.8 Å². The number of aliphatic hydroxyl groups excluding tert-OH is 2. The van der Waals surface area contributed by atoms with E-state index in [2.05, 4.69) is 0 Å². The summed E-state index contributed by atoms with van der Waals surface area (Å²) < 4.78 is 5.72. The Morgan fingerprint density at radius 3 is 2.61 bits per heavy atom. The maximum atomic E-state index is 9.90. The van der Waals surface area contributed by atoms with Gasteiger partial charge in [-0.15, -0.1) is 0 Å². The van der Waals surface area contributed by atoms with E-state index in [1.165, 1.54) is 0 Å². The third-order valence-corrected chi connectivity index (χ3v) is 3.19. The number of para-hydroxylation sites is 1. The van der Waals surface area contributed by atoms with Gasteiger partial charge in [-0.05, 0) is 23.8 Å². The van der Waals surface area contributed by atoms with E-state index in [4.69, 9.17) is 9.52 Å². The van der Waals surface area contributed by atoms with Crippen LogP contribution in [-0.2, 0) is 0 Å². The summed E-state index contributed by atoms with van der Waals surface area (Å²) in [7, 11) is 0. The first kappa shape index (κ1) is 11.3. The highest BCUT2D eigenvalue weighted by Crippen LogP contribution is 2.31. The highest BCUT2D eigenvalue weighted by atomic mass is 16.3. The molecule has 0 aliphatic carbocycles. The molecule has 0 saturated carbocycles. The standard InChI is InChI=1S/C15H14O3/c16-8-7-13(17)10-5-6-15-12(9-10)11-3-1-2-4-14(11)18-15/h1-6,9,13,16-17H,7-8H2. The van der Waals surface area contributed by atoms with Crippen molar-refractivity contribution in [3.8, 4) is 0 Å². The van der Waals surface area contributed by atoms with Crippen molar-refractivity contribution in [2.24, 2.45) is 0 Å². The first-order valence-corrected chi connectivity index (χ1v) is 5.99. The van der Waals surface area contributed by atoms with E-state index >= 15 is 0 Å². The zero-order valence-electron chi connectivity index (χ0n) is 9.84. The third-order valence-electron chi connectivity index (χ3n) is 3.19. The zero-order valence-corrected chi connectivity index (χ0v) is 9.84. The zero-order chi connectivity index (χ0) is 12.5. The van der Waals surface area contributed by atoms with Crippen molar-refractivity contribution in [2.75, 3.05) is 6.61 Å². The fraction of sp³-hybridized carbons (Fsp3) is 0.200. The van der Waals surface area contributed by atoms with Crippen molar-refractivity contribution in [3.05, 3.63) is 48.0 Å². The first-order valence-electron chi connectivity index (χ1n) is 5.99. The molecule has 0 amide bonds. The molecule has 18 heavy (non-hydrogen) atoms. The lowest BCUT2D eigenvalue weighted by atomic mass is 10.0. The van der Waals surface area contributed by atoms with E-state index in [0.29, 0.717) is 6.42 Å². The summed E-state index contributed by atoms with van der Waals surface area (Å²) in [6.07, 6.45) is -0.283. The molecule has 3 aromatic rings. The molecular weight excluding hydrogens is 228 g/mol. The van der Waals surface area contributed by atoms with E-state index in [-0.39, 0.29) is 6.61 Å². The van der Waals surface area contributed by atoms with Crippen LogP contribution < -0.4 is 0 Å². The Morgan fingerprint density at radius 1 is 1.00 bits per heavy atom. The van der Waals surface area contributed by atoms with Gasteiger partial charge in [-0.1, -0.05) is 24.3 Å². The number of hydrogen-bond donors (Lipinski definition) is 2. The molecule has 1 aromatic heterocycles. The highest BCUT2D eigenvalue weighted by Gasteiger charge is 2.11. The van der Waals surface area contributed by atoms with Gasteiger partial charge in [0.2, 0.25) is 0 Å². The van der Waals surface area contributed by atoms with E-state index in [0.717, 1.165) is 27.5 Å². The molecule has 0 aliphatic heterocycles. The predicted octanol–water partition coefficient (Wildman–Crippen LogP) is 3.00. The maximum absolute atomic E-state index is 9.90. The molecule has 0 aliphatic rings. The number of benzene rings is 2. The summed E-state index contributed by atoms with van der Waals surface area (Å²) in [5.41, 5.74) is 2.47. The fourth-order valence-corrected chi connectivity index (χ4v) is 2.24. The number of hydrogen-bond acceptors (Lipinski definition) is 3. The lowest BCUT2D eigenvalue weighted by molar-refractivity contribution is 0.134. The Labute approximate surface area is 104 Å². The van der Waals surface area contributed by atoms with Gasteiger partial charge in [0.25, 0.3) is 0 Å². The number of fused-ring (bicyclic) bond motifs is 3. The minimum absolute atomic E-state index is 0.0225. The highest BCUT2D eigenvalue weighted by molar-refractivity contribution is 6.04. The average Bonchev–Trinajstić information content (AvgIpc) is 2.76. The Balaban J connectivity index is 2.18. The second kappa shape index (κ2) is 4.44. The Hall–Kier alpha value is -1.84. The largest absolute Gasteiger partial charge is 0.456 e. The SMILES string of the molecule is OCCC(O)c1ccc2oc3ccccc3c2c1. The minimum atomic E-state index is -0.631. The second-order valence-corrected chi connectivity index (χ2v) is 4.38. The van der Waals surface area contributed by atoms with Crippen LogP contribution in [0.15, 0.2) is 46.9 Å². The topological polar surface area (TPSA) is 53.6 Å². The fourth-order valence-electron chi connectivity index (χ4n) is 2.24. The first-order chi connectivity index (χ1) is 8.79. The van der Waals surface area contributed by atoms with Crippen LogP contribution in [-0.4, -0.2) is 16.8 Å². The van der Waals surface area contributed by atoms with Crippen LogP contribution >= 0.6 is 0 Å². The smallest absolute Gasteiger partial charge is 0.135 e. The van der Waals surface area contributed by atoms with Gasteiger partial charge in [-0.2, -0.15) is 0 Å². The minimum Gasteiger partial charge on any atom is -0.456 e. The molecule has 1 unspecified atom stereocenters. The molecule has 2 aromatic carbocycles. The molecule has 0 bridgehead atoms. The molecule has 2 N–H and O–H groups in total. The van der Waals surface area contributed by atoms with Crippen molar-refractivity contribution in [3.63, 3.8) is 0 Å². The van der Waals surface area contributed by atoms with Crippen molar-refractivity contribution in [1.29, 1.82) is 0 Å². The molecule has 3 heteroatoms. The summed E-state index contributed by atoms with van der Waals surface area (Å²) in [4.78, 5) is 0. The molecule has 1 atom stereocenters. The normalized spacial score (nSPS) is 13.2. The van der Waals surface area contributed by atoms with Crippen LogP contribution in [0.3, 0.4) is 0 Å². The van der Waals surface area contributed by atoms with Crippen molar-refractivity contribution >= 4 is 21.9 Å². The molecule has 92 valence electrons. The molecule has 0 radical (unpaired) electrons. The van der Waals surface area contributed by atoms with Crippen LogP contribution in [0.2, 0.25) is 0 Å². The van der Waals surface area contributed by atoms with E-state index in [1.54, 1.807) is 0 Å². The van der Waals surface area contributed by atoms with Crippen molar-refractivity contribution in [1.82, 2.24) is 0 Å². The van der Waals surface area contributed by atoms with Crippen LogP contribution in [0.5, 0.6) is 0 Å². The summed E-state index contributed by atoms with van der Waals surface area (Å²) in [5.74, 6) is 0. The molecule has 0 spiro atoms. The van der Waals surface area contributed by atoms with Gasteiger partial charge in [-0.3, -0.25) is 0 Å². The van der Waals surface area contributed by atoms with Crippen molar-refractivity contribution in [2.45, 2.75) is 12.5 Å². The molecular formula is C15H14O3. The van der Waals surface area contributed by atoms with Crippen LogP contribution in [0, 0.1) is 0 Å². The molecule has 3 nitrogen and oxygen atoms in total. The summed E-state index contributed by atoms with van der Waals surface area (Å²) >= 11 is 0. The van der Waals surface area contributed by atoms with Gasteiger partial charge >= 0.3 is 0 Å². The predicted molar refractivity (Wildman–Crippen MR) is 70.4 cm³/mol. The van der Waals surface area contributed by atoms with Gasteiger partial charge in [0.15, 0.2) is 0 Å².